The van der Waals surface area contributed by atoms with Gasteiger partial charge < -0.3 is 10.6 Å². The van der Waals surface area contributed by atoms with Gasteiger partial charge in [-0.05, 0) is 22.9 Å². The molecule has 0 unspecified atom stereocenters. The van der Waals surface area contributed by atoms with E-state index in [4.69, 9.17) is 0 Å². The van der Waals surface area contributed by atoms with Crippen LogP contribution in [0.1, 0.15) is 0 Å². The van der Waals surface area contributed by atoms with Gasteiger partial charge in [-0.1, -0.05) is 59.5 Å². The Labute approximate surface area is 148 Å². The summed E-state index contributed by atoms with van der Waals surface area (Å²) in [5.74, 6) is 0.231. The summed E-state index contributed by atoms with van der Waals surface area (Å²) in [4.78, 5) is 12.1. The van der Waals surface area contributed by atoms with Crippen LogP contribution in [-0.4, -0.2) is 28.4 Å². The summed E-state index contributed by atoms with van der Waals surface area (Å²) in [6.07, 6.45) is 1.76. The molecule has 0 spiro atoms. The molecule has 0 saturated heterocycles. The average molecular weight is 356 g/mol. The molecule has 2 aromatic carbocycles. The summed E-state index contributed by atoms with van der Waals surface area (Å²) >= 11 is 2.80. The number of aromatic nitrogens is 2. The summed E-state index contributed by atoms with van der Waals surface area (Å²) < 4.78 is 0.759. The number of nitrogens with zero attached hydrogens (tertiary/aromatic N) is 2. The number of anilines is 2. The number of benzene rings is 2. The van der Waals surface area contributed by atoms with Gasteiger partial charge >= 0.3 is 0 Å². The Morgan fingerprint density at radius 3 is 2.88 bits per heavy atom. The molecule has 0 saturated carbocycles. The van der Waals surface area contributed by atoms with E-state index >= 15 is 0 Å². The number of rotatable bonds is 7. The van der Waals surface area contributed by atoms with Crippen molar-refractivity contribution in [2.75, 3.05) is 22.9 Å². The minimum atomic E-state index is -0.0638. The summed E-state index contributed by atoms with van der Waals surface area (Å²) in [6, 6.07) is 13.9. The standard InChI is InChI=1S/C17H16N4OS2/c1-2-9-18-16-20-21-17(24-16)23-11-15(22)19-14-8-7-12-5-3-4-6-13(12)10-14/h2-8,10H,1,9,11H2,(H,18,20)(H,19,22). The van der Waals surface area contributed by atoms with E-state index in [1.165, 1.54) is 23.1 Å². The van der Waals surface area contributed by atoms with Crippen LogP contribution in [0.4, 0.5) is 10.8 Å². The molecule has 0 fully saturated rings. The molecule has 1 amide bonds. The number of fused-ring (bicyclic) bond motifs is 1. The lowest BCUT2D eigenvalue weighted by atomic mass is 10.1. The first kappa shape index (κ1) is 16.5. The molecule has 1 aromatic heterocycles. The quantitative estimate of drug-likeness (QED) is 0.494. The fourth-order valence-electron chi connectivity index (χ4n) is 2.09. The van der Waals surface area contributed by atoms with E-state index in [-0.39, 0.29) is 5.91 Å². The highest BCUT2D eigenvalue weighted by atomic mass is 32.2. The van der Waals surface area contributed by atoms with Crippen LogP contribution in [0.2, 0.25) is 0 Å². The van der Waals surface area contributed by atoms with Crippen LogP contribution in [0, 0.1) is 0 Å². The number of thioether (sulfide) groups is 1. The minimum absolute atomic E-state index is 0.0638. The van der Waals surface area contributed by atoms with Crippen LogP contribution >= 0.6 is 23.1 Å². The third-order valence-corrected chi connectivity index (χ3v) is 5.18. The van der Waals surface area contributed by atoms with Crippen molar-refractivity contribution >= 4 is 50.6 Å². The highest BCUT2D eigenvalue weighted by molar-refractivity contribution is 8.01. The maximum Gasteiger partial charge on any atom is 0.234 e. The lowest BCUT2D eigenvalue weighted by Gasteiger charge is -2.05. The van der Waals surface area contributed by atoms with Gasteiger partial charge in [0.1, 0.15) is 0 Å². The fraction of sp³-hybridized carbons (Fsp3) is 0.118. The smallest absolute Gasteiger partial charge is 0.234 e. The van der Waals surface area contributed by atoms with E-state index in [0.717, 1.165) is 25.9 Å². The zero-order chi connectivity index (χ0) is 16.8. The monoisotopic (exact) mass is 356 g/mol. The molecular formula is C17H16N4OS2. The van der Waals surface area contributed by atoms with Crippen molar-refractivity contribution in [2.24, 2.45) is 0 Å². The van der Waals surface area contributed by atoms with Crippen LogP contribution in [0.3, 0.4) is 0 Å². The summed E-state index contributed by atoms with van der Waals surface area (Å²) in [7, 11) is 0. The highest BCUT2D eigenvalue weighted by Gasteiger charge is 2.08. The first-order valence-electron chi connectivity index (χ1n) is 7.34. The van der Waals surface area contributed by atoms with E-state index < -0.39 is 0 Å². The second kappa shape index (κ2) is 7.94. The van der Waals surface area contributed by atoms with E-state index in [1.807, 2.05) is 42.5 Å². The third-order valence-electron chi connectivity index (χ3n) is 3.16. The molecule has 3 rings (SSSR count). The third kappa shape index (κ3) is 4.33. The van der Waals surface area contributed by atoms with Crippen LogP contribution in [-0.2, 0) is 4.79 Å². The van der Waals surface area contributed by atoms with Gasteiger partial charge in [0.25, 0.3) is 0 Å². The Kier molecular flexibility index (Phi) is 5.45. The van der Waals surface area contributed by atoms with E-state index in [2.05, 4.69) is 27.4 Å². The maximum absolute atomic E-state index is 12.1. The van der Waals surface area contributed by atoms with E-state index in [9.17, 15) is 4.79 Å². The molecule has 2 N–H and O–H groups in total. The Morgan fingerprint density at radius 2 is 2.04 bits per heavy atom. The van der Waals surface area contributed by atoms with Crippen molar-refractivity contribution in [3.8, 4) is 0 Å². The fourth-order valence-corrected chi connectivity index (χ4v) is 3.65. The first-order chi connectivity index (χ1) is 11.7. The van der Waals surface area contributed by atoms with E-state index in [1.54, 1.807) is 6.08 Å². The van der Waals surface area contributed by atoms with Crippen molar-refractivity contribution in [3.63, 3.8) is 0 Å². The number of carbonyl (C=O) groups is 1. The topological polar surface area (TPSA) is 66.9 Å². The molecule has 7 heteroatoms. The number of amides is 1. The van der Waals surface area contributed by atoms with Crippen LogP contribution < -0.4 is 10.6 Å². The predicted molar refractivity (Wildman–Crippen MR) is 102 cm³/mol. The van der Waals surface area contributed by atoms with Crippen LogP contribution in [0.25, 0.3) is 10.8 Å². The molecule has 5 nitrogen and oxygen atoms in total. The molecule has 0 aliphatic rings. The second-order valence-corrected chi connectivity index (χ2v) is 7.14. The average Bonchev–Trinajstić information content (AvgIpc) is 3.06. The number of hydrogen-bond acceptors (Lipinski definition) is 6. The largest absolute Gasteiger partial charge is 0.357 e. The first-order valence-corrected chi connectivity index (χ1v) is 9.14. The van der Waals surface area contributed by atoms with Gasteiger partial charge in [0, 0.05) is 12.2 Å². The van der Waals surface area contributed by atoms with Gasteiger partial charge in [0.15, 0.2) is 4.34 Å². The van der Waals surface area contributed by atoms with Crippen molar-refractivity contribution < 1.29 is 4.79 Å². The van der Waals surface area contributed by atoms with Gasteiger partial charge in [-0.2, -0.15) is 0 Å². The Bertz CT molecular complexity index is 862. The normalized spacial score (nSPS) is 10.5. The Hall–Kier alpha value is -2.38. The van der Waals surface area contributed by atoms with Crippen LogP contribution in [0.5, 0.6) is 0 Å². The van der Waals surface area contributed by atoms with Gasteiger partial charge in [-0.25, -0.2) is 0 Å². The highest BCUT2D eigenvalue weighted by Crippen LogP contribution is 2.25. The lowest BCUT2D eigenvalue weighted by molar-refractivity contribution is -0.113. The summed E-state index contributed by atoms with van der Waals surface area (Å²) in [6.45, 7) is 4.28. The minimum Gasteiger partial charge on any atom is -0.357 e. The Balaban J connectivity index is 1.54. The molecule has 0 radical (unpaired) electrons. The molecule has 3 aromatic rings. The molecule has 0 bridgehead atoms. The Morgan fingerprint density at radius 1 is 1.21 bits per heavy atom. The van der Waals surface area contributed by atoms with Crippen LogP contribution in [0.15, 0.2) is 59.5 Å². The number of nitrogens with one attached hydrogen (secondary N) is 2. The molecule has 1 heterocycles. The van der Waals surface area contributed by atoms with E-state index in [0.29, 0.717) is 12.3 Å². The molecule has 0 aliphatic carbocycles. The molecular weight excluding hydrogens is 340 g/mol. The van der Waals surface area contributed by atoms with Crippen molar-refractivity contribution in [1.82, 2.24) is 10.2 Å². The lowest BCUT2D eigenvalue weighted by Crippen LogP contribution is -2.13. The molecule has 0 atom stereocenters. The predicted octanol–water partition coefficient (Wildman–Crippen LogP) is 4.02. The second-order valence-electron chi connectivity index (χ2n) is 4.94. The van der Waals surface area contributed by atoms with Gasteiger partial charge in [0.05, 0.1) is 5.75 Å². The number of carbonyl (C=O) groups excluding carboxylic acids is 1. The maximum atomic E-state index is 12.1. The van der Waals surface area contributed by atoms with Gasteiger partial charge in [0.2, 0.25) is 11.0 Å². The summed E-state index contributed by atoms with van der Waals surface area (Å²) in [5.41, 5.74) is 0.796. The van der Waals surface area contributed by atoms with Crippen molar-refractivity contribution in [2.45, 2.75) is 4.34 Å². The zero-order valence-electron chi connectivity index (χ0n) is 12.9. The SMILES string of the molecule is C=CCNc1nnc(SCC(=O)Nc2ccc3ccccc3c2)s1. The van der Waals surface area contributed by atoms with Crippen molar-refractivity contribution in [3.05, 3.63) is 55.1 Å². The summed E-state index contributed by atoms with van der Waals surface area (Å²) in [5, 5.41) is 17.0. The molecule has 0 aliphatic heterocycles. The number of hydrogen-bond donors (Lipinski definition) is 2. The zero-order valence-corrected chi connectivity index (χ0v) is 14.5. The van der Waals surface area contributed by atoms with Gasteiger partial charge in [-0.3, -0.25) is 4.79 Å². The molecule has 122 valence electrons. The van der Waals surface area contributed by atoms with Gasteiger partial charge in [-0.15, -0.1) is 16.8 Å². The molecule has 24 heavy (non-hydrogen) atoms. The van der Waals surface area contributed by atoms with Crippen molar-refractivity contribution in [1.29, 1.82) is 0 Å².